The smallest absolute Gasteiger partial charge is 0.243 e. The number of nitrogens with zero attached hydrogens (tertiary/aromatic N) is 2. The van der Waals surface area contributed by atoms with Gasteiger partial charge >= 0.3 is 0 Å². The van der Waals surface area contributed by atoms with Gasteiger partial charge in [-0.1, -0.05) is 36.7 Å². The number of nitrogens with one attached hydrogen (secondary N) is 3. The molecule has 9 heteroatoms. The fourth-order valence-electron chi connectivity index (χ4n) is 2.81. The van der Waals surface area contributed by atoms with Gasteiger partial charge < -0.3 is 10.6 Å². The second kappa shape index (κ2) is 9.49. The Morgan fingerprint density at radius 1 is 1.14 bits per heavy atom. The minimum atomic E-state index is -0.350. The summed E-state index contributed by atoms with van der Waals surface area (Å²) in [5, 5.41) is 12.9. The number of benzene rings is 2. The molecule has 7 nitrogen and oxygen atoms in total. The Balaban J connectivity index is 1.61. The van der Waals surface area contributed by atoms with Crippen molar-refractivity contribution in [1.29, 1.82) is 0 Å². The monoisotopic (exact) mass is 429 g/mol. The number of aromatic nitrogens is 3. The maximum absolute atomic E-state index is 12.4. The van der Waals surface area contributed by atoms with Crippen LogP contribution in [0.3, 0.4) is 0 Å². The zero-order chi connectivity index (χ0) is 20.8. The van der Waals surface area contributed by atoms with Gasteiger partial charge in [-0.05, 0) is 54.5 Å². The largest absolute Gasteiger partial charge is 0.345 e. The van der Waals surface area contributed by atoms with Gasteiger partial charge in [-0.2, -0.15) is 5.10 Å². The standard InChI is InChI=1S/C20H20ClN5O2S/c1-2-13-5-3-4-6-16(13)23-17(27)11-22-18(28)12-26-19(24-25-20(26)29)14-7-9-15(21)10-8-14/h3-10H,2,11-12H2,1H3,(H,22,28)(H,23,27)(H,25,29). The number of aromatic amines is 1. The molecule has 3 aromatic rings. The molecule has 3 N–H and O–H groups in total. The maximum Gasteiger partial charge on any atom is 0.243 e. The van der Waals surface area contributed by atoms with Crippen LogP contribution in [0.1, 0.15) is 12.5 Å². The number of hydrogen-bond donors (Lipinski definition) is 3. The molecule has 0 spiro atoms. The number of carbonyl (C=O) groups is 2. The topological polar surface area (TPSA) is 91.8 Å². The highest BCUT2D eigenvalue weighted by Gasteiger charge is 2.13. The van der Waals surface area contributed by atoms with E-state index in [0.717, 1.165) is 23.2 Å². The van der Waals surface area contributed by atoms with Gasteiger partial charge in [-0.3, -0.25) is 19.3 Å². The lowest BCUT2D eigenvalue weighted by atomic mass is 10.1. The van der Waals surface area contributed by atoms with Crippen LogP contribution >= 0.6 is 23.8 Å². The number of anilines is 1. The van der Waals surface area contributed by atoms with Crippen LogP contribution in [0, 0.1) is 4.77 Å². The van der Waals surface area contributed by atoms with Crippen molar-refractivity contribution in [3.8, 4) is 11.4 Å². The van der Waals surface area contributed by atoms with Gasteiger partial charge in [0.1, 0.15) is 6.54 Å². The molecule has 29 heavy (non-hydrogen) atoms. The zero-order valence-electron chi connectivity index (χ0n) is 15.7. The van der Waals surface area contributed by atoms with Crippen LogP contribution in [0.5, 0.6) is 0 Å². The molecule has 0 aliphatic carbocycles. The van der Waals surface area contributed by atoms with E-state index >= 15 is 0 Å². The van der Waals surface area contributed by atoms with E-state index in [1.165, 1.54) is 0 Å². The minimum Gasteiger partial charge on any atom is -0.345 e. The van der Waals surface area contributed by atoms with E-state index in [2.05, 4.69) is 20.8 Å². The number of carbonyl (C=O) groups excluding carboxylic acids is 2. The van der Waals surface area contributed by atoms with Gasteiger partial charge in [0, 0.05) is 16.3 Å². The van der Waals surface area contributed by atoms with Crippen molar-refractivity contribution in [3.63, 3.8) is 0 Å². The fourth-order valence-corrected chi connectivity index (χ4v) is 3.13. The zero-order valence-corrected chi connectivity index (χ0v) is 17.3. The van der Waals surface area contributed by atoms with Crippen molar-refractivity contribution < 1.29 is 9.59 Å². The van der Waals surface area contributed by atoms with E-state index < -0.39 is 0 Å². The van der Waals surface area contributed by atoms with E-state index in [1.54, 1.807) is 28.8 Å². The van der Waals surface area contributed by atoms with E-state index in [0.29, 0.717) is 15.6 Å². The molecule has 1 aromatic heterocycles. The summed E-state index contributed by atoms with van der Waals surface area (Å²) in [5.74, 6) is -0.132. The molecular weight excluding hydrogens is 410 g/mol. The number of halogens is 1. The molecule has 1 heterocycles. The lowest BCUT2D eigenvalue weighted by molar-refractivity contribution is -0.124. The van der Waals surface area contributed by atoms with Crippen LogP contribution in [-0.2, 0) is 22.6 Å². The van der Waals surface area contributed by atoms with Crippen LogP contribution in [0.25, 0.3) is 11.4 Å². The summed E-state index contributed by atoms with van der Waals surface area (Å²) in [6.45, 7) is 1.81. The Morgan fingerprint density at radius 3 is 2.59 bits per heavy atom. The van der Waals surface area contributed by atoms with Gasteiger partial charge in [-0.15, -0.1) is 0 Å². The quantitative estimate of drug-likeness (QED) is 0.500. The van der Waals surface area contributed by atoms with Crippen molar-refractivity contribution >= 4 is 41.3 Å². The summed E-state index contributed by atoms with van der Waals surface area (Å²) in [6, 6.07) is 14.6. The minimum absolute atomic E-state index is 0.0634. The molecule has 150 valence electrons. The molecular formula is C20H20ClN5O2S. The van der Waals surface area contributed by atoms with Crippen molar-refractivity contribution in [2.24, 2.45) is 0 Å². The SMILES string of the molecule is CCc1ccccc1NC(=O)CNC(=O)Cn1c(-c2ccc(Cl)cc2)n[nH]c1=S. The first-order valence-electron chi connectivity index (χ1n) is 9.03. The summed E-state index contributed by atoms with van der Waals surface area (Å²) in [4.78, 5) is 24.5. The van der Waals surface area contributed by atoms with Crippen LogP contribution in [0.4, 0.5) is 5.69 Å². The lowest BCUT2D eigenvalue weighted by Gasteiger charge is -2.11. The van der Waals surface area contributed by atoms with Crippen molar-refractivity contribution in [2.45, 2.75) is 19.9 Å². The Hall–Kier alpha value is -2.97. The molecule has 2 amide bonds. The molecule has 0 bridgehead atoms. The average molecular weight is 430 g/mol. The van der Waals surface area contributed by atoms with Crippen LogP contribution < -0.4 is 10.6 Å². The van der Waals surface area contributed by atoms with Crippen LogP contribution in [0.15, 0.2) is 48.5 Å². The molecule has 0 saturated carbocycles. The number of aryl methyl sites for hydroxylation is 1. The summed E-state index contributed by atoms with van der Waals surface area (Å²) in [5.41, 5.74) is 2.55. The first kappa shape index (κ1) is 20.8. The van der Waals surface area contributed by atoms with Crippen molar-refractivity contribution in [2.75, 3.05) is 11.9 Å². The highest BCUT2D eigenvalue weighted by molar-refractivity contribution is 7.71. The van der Waals surface area contributed by atoms with Gasteiger partial charge in [0.2, 0.25) is 11.8 Å². The molecule has 0 atom stereocenters. The molecule has 0 aliphatic heterocycles. The Bertz CT molecular complexity index is 1070. The number of amides is 2. The molecule has 3 rings (SSSR count). The van der Waals surface area contributed by atoms with E-state index in [4.69, 9.17) is 23.8 Å². The van der Waals surface area contributed by atoms with Gasteiger partial charge in [-0.25, -0.2) is 0 Å². The number of H-pyrrole nitrogens is 1. The molecule has 0 fully saturated rings. The second-order valence-corrected chi connectivity index (χ2v) is 7.10. The number of rotatable bonds is 7. The van der Waals surface area contributed by atoms with Gasteiger partial charge in [0.15, 0.2) is 10.6 Å². The highest BCUT2D eigenvalue weighted by Crippen LogP contribution is 2.20. The lowest BCUT2D eigenvalue weighted by Crippen LogP contribution is -2.35. The van der Waals surface area contributed by atoms with Gasteiger partial charge in [0.25, 0.3) is 0 Å². The molecule has 2 aromatic carbocycles. The first-order valence-corrected chi connectivity index (χ1v) is 9.82. The Kier molecular flexibility index (Phi) is 6.79. The van der Waals surface area contributed by atoms with Gasteiger partial charge in [0.05, 0.1) is 6.54 Å². The predicted octanol–water partition coefficient (Wildman–Crippen LogP) is 3.58. The summed E-state index contributed by atoms with van der Waals surface area (Å²) >= 11 is 11.1. The third-order valence-electron chi connectivity index (χ3n) is 4.28. The van der Waals surface area contributed by atoms with E-state index in [9.17, 15) is 9.59 Å². The summed E-state index contributed by atoms with van der Waals surface area (Å²) in [6.07, 6.45) is 0.801. The normalized spacial score (nSPS) is 10.6. The number of hydrogen-bond acceptors (Lipinski definition) is 4. The highest BCUT2D eigenvalue weighted by atomic mass is 35.5. The van der Waals surface area contributed by atoms with E-state index in [1.807, 2.05) is 31.2 Å². The molecule has 0 radical (unpaired) electrons. The van der Waals surface area contributed by atoms with E-state index in [-0.39, 0.29) is 24.9 Å². The fraction of sp³-hybridized carbons (Fsp3) is 0.200. The summed E-state index contributed by atoms with van der Waals surface area (Å²) in [7, 11) is 0. The van der Waals surface area contributed by atoms with Crippen molar-refractivity contribution in [3.05, 3.63) is 63.9 Å². The summed E-state index contributed by atoms with van der Waals surface area (Å²) < 4.78 is 1.88. The maximum atomic E-state index is 12.4. The molecule has 0 saturated heterocycles. The molecule has 0 aliphatic rings. The molecule has 0 unspecified atom stereocenters. The number of para-hydroxylation sites is 1. The Morgan fingerprint density at radius 2 is 1.86 bits per heavy atom. The average Bonchev–Trinajstić information content (AvgIpc) is 3.07. The first-order chi connectivity index (χ1) is 14.0. The third-order valence-corrected chi connectivity index (χ3v) is 4.84. The second-order valence-electron chi connectivity index (χ2n) is 6.28. The van der Waals surface area contributed by atoms with Crippen LogP contribution in [-0.4, -0.2) is 33.1 Å². The third kappa shape index (κ3) is 5.30. The van der Waals surface area contributed by atoms with Crippen molar-refractivity contribution in [1.82, 2.24) is 20.1 Å². The predicted molar refractivity (Wildman–Crippen MR) is 115 cm³/mol. The Labute approximate surface area is 178 Å². The van der Waals surface area contributed by atoms with Crippen LogP contribution in [0.2, 0.25) is 5.02 Å².